The number of aryl methyl sites for hydroxylation is 1. The molecule has 1 aromatic heterocycles. The molecule has 5 heteroatoms. The lowest BCUT2D eigenvalue weighted by Crippen LogP contribution is -2.25. The first-order valence-electron chi connectivity index (χ1n) is 6.24. The SMILES string of the molecule is Cc1cc2[nH]c(CNC(=O)C3CC3F)cc2cc1Cl. The summed E-state index contributed by atoms with van der Waals surface area (Å²) in [6.45, 7) is 2.33. The predicted molar refractivity (Wildman–Crippen MR) is 72.9 cm³/mol. The van der Waals surface area contributed by atoms with Crippen molar-refractivity contribution in [3.63, 3.8) is 0 Å². The molecule has 19 heavy (non-hydrogen) atoms. The number of hydrogen-bond donors (Lipinski definition) is 2. The maximum absolute atomic E-state index is 12.7. The zero-order valence-electron chi connectivity index (χ0n) is 10.5. The highest BCUT2D eigenvalue weighted by Crippen LogP contribution is 2.33. The average molecular weight is 281 g/mol. The zero-order valence-corrected chi connectivity index (χ0v) is 11.2. The van der Waals surface area contributed by atoms with Crippen LogP contribution in [0, 0.1) is 12.8 Å². The van der Waals surface area contributed by atoms with Crippen molar-refractivity contribution in [3.05, 3.63) is 34.5 Å². The average Bonchev–Trinajstić information content (AvgIpc) is 2.96. The summed E-state index contributed by atoms with van der Waals surface area (Å²) in [6, 6.07) is 5.81. The third kappa shape index (κ3) is 2.45. The highest BCUT2D eigenvalue weighted by Gasteiger charge is 2.43. The molecule has 2 unspecified atom stereocenters. The third-order valence-electron chi connectivity index (χ3n) is 3.46. The van der Waals surface area contributed by atoms with Crippen molar-refractivity contribution in [2.75, 3.05) is 0 Å². The number of carbonyl (C=O) groups excluding carboxylic acids is 1. The van der Waals surface area contributed by atoms with Gasteiger partial charge < -0.3 is 10.3 Å². The van der Waals surface area contributed by atoms with Gasteiger partial charge in [0.1, 0.15) is 6.17 Å². The number of aromatic nitrogens is 1. The number of fused-ring (bicyclic) bond motifs is 1. The van der Waals surface area contributed by atoms with Crippen LogP contribution in [-0.4, -0.2) is 17.1 Å². The lowest BCUT2D eigenvalue weighted by Gasteiger charge is -2.01. The Kier molecular flexibility index (Phi) is 2.97. The Labute approximate surface area is 115 Å². The third-order valence-corrected chi connectivity index (χ3v) is 3.87. The van der Waals surface area contributed by atoms with Gasteiger partial charge in [0.15, 0.2) is 0 Å². The molecule has 3 nitrogen and oxygen atoms in total. The van der Waals surface area contributed by atoms with Crippen molar-refractivity contribution in [1.82, 2.24) is 10.3 Å². The number of amides is 1. The van der Waals surface area contributed by atoms with Gasteiger partial charge in [-0.1, -0.05) is 11.6 Å². The van der Waals surface area contributed by atoms with Crippen LogP contribution < -0.4 is 5.32 Å². The molecule has 100 valence electrons. The van der Waals surface area contributed by atoms with Crippen LogP contribution in [0.1, 0.15) is 17.7 Å². The van der Waals surface area contributed by atoms with Gasteiger partial charge in [-0.25, -0.2) is 4.39 Å². The largest absolute Gasteiger partial charge is 0.357 e. The molecule has 1 saturated carbocycles. The van der Waals surface area contributed by atoms with Gasteiger partial charge in [-0.15, -0.1) is 0 Å². The van der Waals surface area contributed by atoms with Gasteiger partial charge in [0.25, 0.3) is 0 Å². The summed E-state index contributed by atoms with van der Waals surface area (Å²) >= 11 is 6.06. The maximum atomic E-state index is 12.7. The van der Waals surface area contributed by atoms with E-state index in [0.717, 1.165) is 27.2 Å². The van der Waals surface area contributed by atoms with Crippen LogP contribution in [0.4, 0.5) is 4.39 Å². The Morgan fingerprint density at radius 2 is 2.26 bits per heavy atom. The molecule has 0 aliphatic heterocycles. The van der Waals surface area contributed by atoms with Crippen LogP contribution in [0.5, 0.6) is 0 Å². The van der Waals surface area contributed by atoms with E-state index in [2.05, 4.69) is 10.3 Å². The number of rotatable bonds is 3. The minimum absolute atomic E-state index is 0.208. The molecule has 0 radical (unpaired) electrons. The summed E-state index contributed by atoms with van der Waals surface area (Å²) in [5.74, 6) is -0.651. The fourth-order valence-electron chi connectivity index (χ4n) is 2.17. The quantitative estimate of drug-likeness (QED) is 0.891. The molecule has 1 aliphatic carbocycles. The Hall–Kier alpha value is -1.55. The fourth-order valence-corrected chi connectivity index (χ4v) is 2.34. The molecular formula is C14H14ClFN2O. The molecule has 1 heterocycles. The van der Waals surface area contributed by atoms with Gasteiger partial charge in [0.2, 0.25) is 5.91 Å². The van der Waals surface area contributed by atoms with Gasteiger partial charge in [-0.3, -0.25) is 4.79 Å². The van der Waals surface area contributed by atoms with E-state index in [-0.39, 0.29) is 5.91 Å². The summed E-state index contributed by atoms with van der Waals surface area (Å²) in [5, 5.41) is 4.47. The minimum Gasteiger partial charge on any atom is -0.357 e. The first kappa shape index (κ1) is 12.5. The molecule has 3 rings (SSSR count). The van der Waals surface area contributed by atoms with Crippen LogP contribution in [0.2, 0.25) is 5.02 Å². The summed E-state index contributed by atoms with van der Waals surface area (Å²) in [5.41, 5.74) is 2.88. The number of halogens is 2. The van der Waals surface area contributed by atoms with Crippen molar-refractivity contribution in [2.24, 2.45) is 5.92 Å². The van der Waals surface area contributed by atoms with Crippen LogP contribution in [0.25, 0.3) is 10.9 Å². The number of nitrogens with one attached hydrogen (secondary N) is 2. The molecular weight excluding hydrogens is 267 g/mol. The predicted octanol–water partition coefficient (Wildman–Crippen LogP) is 3.10. The summed E-state index contributed by atoms with van der Waals surface area (Å²) in [4.78, 5) is 14.7. The van der Waals surface area contributed by atoms with Crippen LogP contribution in [-0.2, 0) is 11.3 Å². The molecule has 2 aromatic rings. The van der Waals surface area contributed by atoms with Crippen molar-refractivity contribution in [3.8, 4) is 0 Å². The summed E-state index contributed by atoms with van der Waals surface area (Å²) in [7, 11) is 0. The van der Waals surface area contributed by atoms with Crippen molar-refractivity contribution >= 4 is 28.4 Å². The fraction of sp³-hybridized carbons (Fsp3) is 0.357. The molecule has 1 amide bonds. The smallest absolute Gasteiger partial charge is 0.226 e. The maximum Gasteiger partial charge on any atom is 0.226 e. The van der Waals surface area contributed by atoms with Crippen molar-refractivity contribution < 1.29 is 9.18 Å². The lowest BCUT2D eigenvalue weighted by molar-refractivity contribution is -0.122. The topological polar surface area (TPSA) is 44.9 Å². The lowest BCUT2D eigenvalue weighted by atomic mass is 10.2. The van der Waals surface area contributed by atoms with Gasteiger partial charge in [0, 0.05) is 21.6 Å². The Bertz CT molecular complexity index is 613. The molecule has 0 saturated heterocycles. The molecule has 1 aliphatic rings. The highest BCUT2D eigenvalue weighted by molar-refractivity contribution is 6.32. The van der Waals surface area contributed by atoms with E-state index >= 15 is 0 Å². The molecule has 0 bridgehead atoms. The molecule has 0 spiro atoms. The van der Waals surface area contributed by atoms with Crippen LogP contribution >= 0.6 is 11.6 Å². The number of carbonyl (C=O) groups is 1. The van der Waals surface area contributed by atoms with E-state index in [1.165, 1.54) is 0 Å². The number of aromatic amines is 1. The highest BCUT2D eigenvalue weighted by atomic mass is 35.5. The van der Waals surface area contributed by atoms with Crippen molar-refractivity contribution in [1.29, 1.82) is 0 Å². The van der Waals surface area contributed by atoms with E-state index < -0.39 is 12.1 Å². The van der Waals surface area contributed by atoms with Gasteiger partial charge in [0.05, 0.1) is 12.5 Å². The summed E-state index contributed by atoms with van der Waals surface area (Å²) < 4.78 is 12.7. The standard InChI is InChI=1S/C14H14ClFN2O/c1-7-2-13-8(4-11(7)15)3-9(18-13)6-17-14(19)10-5-12(10)16/h2-4,10,12,18H,5-6H2,1H3,(H,17,19). The van der Waals surface area contributed by atoms with Crippen molar-refractivity contribution in [2.45, 2.75) is 26.1 Å². The first-order chi connectivity index (χ1) is 9.04. The minimum atomic E-state index is -0.954. The zero-order chi connectivity index (χ0) is 13.6. The van der Waals surface area contributed by atoms with E-state index in [0.29, 0.717) is 13.0 Å². The van der Waals surface area contributed by atoms with E-state index in [4.69, 9.17) is 11.6 Å². The molecule has 1 aromatic carbocycles. The van der Waals surface area contributed by atoms with E-state index in [9.17, 15) is 9.18 Å². The normalized spacial score (nSPS) is 21.6. The van der Waals surface area contributed by atoms with Gasteiger partial charge >= 0.3 is 0 Å². The van der Waals surface area contributed by atoms with Crippen LogP contribution in [0.15, 0.2) is 18.2 Å². The molecule has 1 fully saturated rings. The van der Waals surface area contributed by atoms with Crippen LogP contribution in [0.3, 0.4) is 0 Å². The van der Waals surface area contributed by atoms with Gasteiger partial charge in [-0.2, -0.15) is 0 Å². The second kappa shape index (κ2) is 4.53. The Morgan fingerprint density at radius 3 is 2.95 bits per heavy atom. The number of alkyl halides is 1. The first-order valence-corrected chi connectivity index (χ1v) is 6.62. The molecule has 2 N–H and O–H groups in total. The summed E-state index contributed by atoms with van der Waals surface area (Å²) in [6.07, 6.45) is -0.600. The van der Waals surface area contributed by atoms with E-state index in [1.807, 2.05) is 25.1 Å². The Balaban J connectivity index is 1.73. The van der Waals surface area contributed by atoms with Gasteiger partial charge in [-0.05, 0) is 37.1 Å². The monoisotopic (exact) mass is 280 g/mol. The Morgan fingerprint density at radius 1 is 1.53 bits per heavy atom. The number of H-pyrrole nitrogens is 1. The number of hydrogen-bond acceptors (Lipinski definition) is 1. The second-order valence-electron chi connectivity index (χ2n) is 5.06. The van der Waals surface area contributed by atoms with E-state index in [1.54, 1.807) is 0 Å². The molecule has 2 atom stereocenters. The number of benzene rings is 1. The second-order valence-corrected chi connectivity index (χ2v) is 5.47.